The second-order valence-corrected chi connectivity index (χ2v) is 4.37. The van der Waals surface area contributed by atoms with Crippen LogP contribution in [0.4, 0.5) is 0 Å². The van der Waals surface area contributed by atoms with Crippen molar-refractivity contribution >= 4 is 0 Å². The molecular formula is C18H28O. The maximum Gasteiger partial charge on any atom is 0.108 e. The summed E-state index contributed by atoms with van der Waals surface area (Å²) in [4.78, 5) is 0. The van der Waals surface area contributed by atoms with Gasteiger partial charge in [-0.25, -0.2) is 0 Å². The summed E-state index contributed by atoms with van der Waals surface area (Å²) in [6, 6.07) is 0. The molecule has 0 bridgehead atoms. The number of hydrogen-bond acceptors (Lipinski definition) is 1. The first kappa shape index (κ1) is 19.6. The summed E-state index contributed by atoms with van der Waals surface area (Å²) in [5.74, 6) is 0.00792. The van der Waals surface area contributed by atoms with Gasteiger partial charge in [0, 0.05) is 0 Å². The molecule has 0 aliphatic heterocycles. The van der Waals surface area contributed by atoms with Crippen molar-refractivity contribution in [1.29, 1.82) is 0 Å². The summed E-state index contributed by atoms with van der Waals surface area (Å²) < 4.78 is 0. The van der Waals surface area contributed by atoms with Crippen molar-refractivity contribution in [1.82, 2.24) is 0 Å². The maximum absolute atomic E-state index is 8.92. The zero-order chi connectivity index (χ0) is 15.4. The van der Waals surface area contributed by atoms with Gasteiger partial charge in [0.1, 0.15) is 5.76 Å². The van der Waals surface area contributed by atoms with Gasteiger partial charge in [-0.15, -0.1) is 0 Å². The SMILES string of the molecule is C=C(O)/C=C\C(=C)C(=C)/C(C)=C\C(=C)CC.CCC. The molecule has 0 amide bonds. The first-order chi connectivity index (χ1) is 8.79. The highest BCUT2D eigenvalue weighted by atomic mass is 16.3. The Kier molecular flexibility index (Phi) is 11.7. The summed E-state index contributed by atoms with van der Waals surface area (Å²) in [6.45, 7) is 23.4. The van der Waals surface area contributed by atoms with Gasteiger partial charge < -0.3 is 5.11 Å². The van der Waals surface area contributed by atoms with Gasteiger partial charge in [-0.1, -0.05) is 71.2 Å². The quantitative estimate of drug-likeness (QED) is 0.455. The van der Waals surface area contributed by atoms with E-state index in [9.17, 15) is 0 Å². The van der Waals surface area contributed by atoms with Gasteiger partial charge in [-0.2, -0.15) is 0 Å². The van der Waals surface area contributed by atoms with Crippen molar-refractivity contribution in [3.8, 4) is 0 Å². The minimum Gasteiger partial charge on any atom is -0.509 e. The first-order valence-electron chi connectivity index (χ1n) is 6.60. The molecule has 19 heavy (non-hydrogen) atoms. The second-order valence-electron chi connectivity index (χ2n) is 4.37. The van der Waals surface area contributed by atoms with E-state index >= 15 is 0 Å². The lowest BCUT2D eigenvalue weighted by molar-refractivity contribution is 0.435. The third-order valence-electron chi connectivity index (χ3n) is 2.22. The van der Waals surface area contributed by atoms with Crippen molar-refractivity contribution in [2.75, 3.05) is 0 Å². The van der Waals surface area contributed by atoms with E-state index < -0.39 is 0 Å². The molecule has 0 fully saturated rings. The molecule has 1 heteroatoms. The molecule has 0 heterocycles. The fourth-order valence-electron chi connectivity index (χ4n) is 1.05. The van der Waals surface area contributed by atoms with Crippen molar-refractivity contribution < 1.29 is 5.11 Å². The Morgan fingerprint density at radius 2 is 1.47 bits per heavy atom. The fourth-order valence-corrected chi connectivity index (χ4v) is 1.05. The monoisotopic (exact) mass is 260 g/mol. The number of rotatable bonds is 6. The van der Waals surface area contributed by atoms with E-state index in [0.717, 1.165) is 28.7 Å². The Balaban J connectivity index is 0. The Hall–Kier alpha value is -1.76. The molecule has 0 aliphatic rings. The Bertz CT molecular complexity index is 392. The molecular weight excluding hydrogens is 232 g/mol. The fraction of sp³-hybridized carbons (Fsp3) is 0.333. The Morgan fingerprint density at radius 1 is 1.00 bits per heavy atom. The first-order valence-corrected chi connectivity index (χ1v) is 6.60. The van der Waals surface area contributed by atoms with Crippen molar-refractivity contribution in [2.45, 2.75) is 40.5 Å². The predicted molar refractivity (Wildman–Crippen MR) is 88.3 cm³/mol. The lowest BCUT2D eigenvalue weighted by atomic mass is 9.99. The molecule has 1 N–H and O–H groups in total. The van der Waals surface area contributed by atoms with Crippen molar-refractivity contribution in [3.63, 3.8) is 0 Å². The normalized spacial score (nSPS) is 10.6. The third-order valence-corrected chi connectivity index (χ3v) is 2.22. The molecule has 0 radical (unpaired) electrons. The highest BCUT2D eigenvalue weighted by Crippen LogP contribution is 2.19. The molecule has 106 valence electrons. The average molecular weight is 260 g/mol. The van der Waals surface area contributed by atoms with Crippen LogP contribution >= 0.6 is 0 Å². The molecule has 0 saturated carbocycles. The molecule has 0 aromatic rings. The van der Waals surface area contributed by atoms with Gasteiger partial charge >= 0.3 is 0 Å². The second kappa shape index (κ2) is 11.3. The highest BCUT2D eigenvalue weighted by Gasteiger charge is 1.99. The smallest absolute Gasteiger partial charge is 0.108 e. The number of hydrogen-bond donors (Lipinski definition) is 1. The summed E-state index contributed by atoms with van der Waals surface area (Å²) >= 11 is 0. The van der Waals surface area contributed by atoms with Gasteiger partial charge in [0.2, 0.25) is 0 Å². The molecule has 1 nitrogen and oxygen atoms in total. The minimum atomic E-state index is 0.00792. The Morgan fingerprint density at radius 3 is 1.84 bits per heavy atom. The van der Waals surface area contributed by atoms with Crippen LogP contribution < -0.4 is 0 Å². The topological polar surface area (TPSA) is 20.2 Å². The van der Waals surface area contributed by atoms with Crippen LogP contribution in [0.2, 0.25) is 0 Å². The van der Waals surface area contributed by atoms with Crippen LogP contribution in [0.1, 0.15) is 40.5 Å². The lowest BCUT2D eigenvalue weighted by Crippen LogP contribution is -1.87. The van der Waals surface area contributed by atoms with Crippen molar-refractivity contribution in [3.05, 3.63) is 72.6 Å². The van der Waals surface area contributed by atoms with Crippen molar-refractivity contribution in [2.24, 2.45) is 0 Å². The molecule has 0 aromatic heterocycles. The summed E-state index contributed by atoms with van der Waals surface area (Å²) in [5, 5.41) is 8.92. The van der Waals surface area contributed by atoms with E-state index in [-0.39, 0.29) is 5.76 Å². The van der Waals surface area contributed by atoms with Crippen LogP contribution in [-0.2, 0) is 0 Å². The molecule has 0 aromatic carbocycles. The summed E-state index contributed by atoms with van der Waals surface area (Å²) in [5.41, 5.74) is 3.69. The van der Waals surface area contributed by atoms with E-state index in [1.165, 1.54) is 12.5 Å². The van der Waals surface area contributed by atoms with Crippen LogP contribution in [0.3, 0.4) is 0 Å². The average Bonchev–Trinajstić information content (AvgIpc) is 2.35. The number of allylic oxidation sites excluding steroid dienone is 7. The van der Waals surface area contributed by atoms with Gasteiger partial charge in [-0.3, -0.25) is 0 Å². The van der Waals surface area contributed by atoms with Gasteiger partial charge in [0.15, 0.2) is 0 Å². The van der Waals surface area contributed by atoms with Crippen LogP contribution in [0.15, 0.2) is 72.6 Å². The largest absolute Gasteiger partial charge is 0.509 e. The zero-order valence-electron chi connectivity index (χ0n) is 12.9. The van der Waals surface area contributed by atoms with Crippen LogP contribution in [0.25, 0.3) is 0 Å². The maximum atomic E-state index is 8.92. The van der Waals surface area contributed by atoms with E-state index in [2.05, 4.69) is 47.1 Å². The molecule has 0 unspecified atom stereocenters. The Labute approximate surface area is 119 Å². The molecule has 0 rings (SSSR count). The van der Waals surface area contributed by atoms with Gasteiger partial charge in [-0.05, 0) is 36.1 Å². The molecule has 0 atom stereocenters. The molecule has 0 saturated heterocycles. The predicted octanol–water partition coefficient (Wildman–Crippen LogP) is 6.06. The summed E-state index contributed by atoms with van der Waals surface area (Å²) in [7, 11) is 0. The zero-order valence-corrected chi connectivity index (χ0v) is 12.9. The van der Waals surface area contributed by atoms with Crippen LogP contribution in [0.5, 0.6) is 0 Å². The van der Waals surface area contributed by atoms with E-state index in [1.54, 1.807) is 6.08 Å². The van der Waals surface area contributed by atoms with Gasteiger partial charge in [0.25, 0.3) is 0 Å². The van der Waals surface area contributed by atoms with E-state index in [4.69, 9.17) is 5.11 Å². The van der Waals surface area contributed by atoms with Crippen LogP contribution in [0, 0.1) is 0 Å². The number of aliphatic hydroxyl groups excluding tert-OH is 1. The third kappa shape index (κ3) is 11.1. The van der Waals surface area contributed by atoms with E-state index in [1.807, 2.05) is 13.0 Å². The van der Waals surface area contributed by atoms with Crippen LogP contribution in [-0.4, -0.2) is 5.11 Å². The summed E-state index contributed by atoms with van der Waals surface area (Å²) in [6.07, 6.45) is 7.35. The van der Waals surface area contributed by atoms with E-state index in [0.29, 0.717) is 0 Å². The molecule has 0 aliphatic carbocycles. The lowest BCUT2D eigenvalue weighted by Gasteiger charge is -2.06. The van der Waals surface area contributed by atoms with Gasteiger partial charge in [0.05, 0.1) is 0 Å². The number of aliphatic hydroxyl groups is 1. The highest BCUT2D eigenvalue weighted by molar-refractivity contribution is 5.50. The standard InChI is InChI=1S/C15H20O.C3H8/c1-7-11(2)10-13(4)15(6)12(3)8-9-14(5)16;1-3-2/h8-10,16H,2-3,5-7H2,1,4H3;3H2,1-2H3/b9-8-,13-10-;. The molecule has 0 spiro atoms. The minimum absolute atomic E-state index is 0.00792.